The van der Waals surface area contributed by atoms with Crippen LogP contribution in [0.5, 0.6) is 0 Å². The zero-order valence-electron chi connectivity index (χ0n) is 16.2. The predicted molar refractivity (Wildman–Crippen MR) is 108 cm³/mol. The van der Waals surface area contributed by atoms with E-state index in [1.165, 1.54) is 6.20 Å². The Labute approximate surface area is 162 Å². The summed E-state index contributed by atoms with van der Waals surface area (Å²) in [6, 6.07) is 11.5. The smallest absolute Gasteiger partial charge is 0.229 e. The molecule has 1 N–H and O–H groups in total. The fourth-order valence-electron chi connectivity index (χ4n) is 3.37. The summed E-state index contributed by atoms with van der Waals surface area (Å²) >= 11 is 0. The zero-order valence-corrected chi connectivity index (χ0v) is 16.2. The monoisotopic (exact) mass is 376 g/mol. The molecular formula is C21H21FN6. The number of fused-ring (bicyclic) bond motifs is 1. The molecule has 142 valence electrons. The molecule has 3 aromatic heterocycles. The van der Waals surface area contributed by atoms with Gasteiger partial charge in [-0.25, -0.2) is 24.3 Å². The molecule has 1 aromatic carbocycles. The lowest BCUT2D eigenvalue weighted by molar-refractivity contribution is 0.600. The molecule has 0 atom stereocenters. The number of imidazole rings is 1. The second kappa shape index (κ2) is 6.99. The Bertz CT molecular complexity index is 1160. The maximum absolute atomic E-state index is 14.5. The number of aryl methyl sites for hydroxylation is 2. The average molecular weight is 376 g/mol. The van der Waals surface area contributed by atoms with Crippen LogP contribution in [-0.2, 0) is 0 Å². The van der Waals surface area contributed by atoms with Crippen LogP contribution in [-0.4, -0.2) is 24.5 Å². The van der Waals surface area contributed by atoms with Gasteiger partial charge in [-0.1, -0.05) is 12.1 Å². The van der Waals surface area contributed by atoms with Crippen LogP contribution in [0.1, 0.15) is 31.4 Å². The molecule has 0 radical (unpaired) electrons. The molecule has 0 unspecified atom stereocenters. The first-order chi connectivity index (χ1) is 13.4. The van der Waals surface area contributed by atoms with Gasteiger partial charge in [0, 0.05) is 17.3 Å². The average Bonchev–Trinajstić information content (AvgIpc) is 2.98. The van der Waals surface area contributed by atoms with Crippen LogP contribution in [0.15, 0.2) is 42.6 Å². The van der Waals surface area contributed by atoms with Gasteiger partial charge in [0.1, 0.15) is 17.3 Å². The lowest BCUT2D eigenvalue weighted by atomic mass is 10.1. The van der Waals surface area contributed by atoms with Crippen LogP contribution >= 0.6 is 0 Å². The van der Waals surface area contributed by atoms with Crippen molar-refractivity contribution < 1.29 is 4.39 Å². The molecule has 4 aromatic rings. The molecule has 0 aliphatic heterocycles. The van der Waals surface area contributed by atoms with Crippen LogP contribution in [0.2, 0.25) is 0 Å². The highest BCUT2D eigenvalue weighted by atomic mass is 19.1. The van der Waals surface area contributed by atoms with Crippen molar-refractivity contribution in [2.45, 2.75) is 33.7 Å². The summed E-state index contributed by atoms with van der Waals surface area (Å²) in [5.74, 6) is 1.36. The predicted octanol–water partition coefficient (Wildman–Crippen LogP) is 4.97. The minimum absolute atomic E-state index is 0.237. The van der Waals surface area contributed by atoms with E-state index in [4.69, 9.17) is 0 Å². The standard InChI is InChI=1S/C21H21FN6/c1-12(2)28-14(4)25-17-9-8-15(10-18(17)28)20-16(22)11-23-21(27-20)26-19-7-5-6-13(3)24-19/h5-12H,1-4H3,(H,23,24,26,27). The summed E-state index contributed by atoms with van der Waals surface area (Å²) in [5, 5.41) is 3.04. The van der Waals surface area contributed by atoms with Crippen molar-refractivity contribution in [3.8, 4) is 11.3 Å². The highest BCUT2D eigenvalue weighted by molar-refractivity contribution is 5.82. The molecular weight excluding hydrogens is 355 g/mol. The quantitative estimate of drug-likeness (QED) is 0.545. The molecule has 0 bridgehead atoms. The first kappa shape index (κ1) is 18.0. The van der Waals surface area contributed by atoms with E-state index in [1.807, 2.05) is 50.2 Å². The summed E-state index contributed by atoms with van der Waals surface area (Å²) < 4.78 is 16.7. The van der Waals surface area contributed by atoms with Crippen LogP contribution in [0.3, 0.4) is 0 Å². The third kappa shape index (κ3) is 3.31. The zero-order chi connectivity index (χ0) is 19.8. The van der Waals surface area contributed by atoms with Gasteiger partial charge in [0.15, 0.2) is 5.82 Å². The molecule has 6 nitrogen and oxygen atoms in total. The molecule has 0 saturated heterocycles. The fourth-order valence-corrected chi connectivity index (χ4v) is 3.37. The summed E-state index contributed by atoms with van der Waals surface area (Å²) in [6.45, 7) is 8.07. The second-order valence-electron chi connectivity index (χ2n) is 7.01. The van der Waals surface area contributed by atoms with E-state index < -0.39 is 5.82 Å². The van der Waals surface area contributed by atoms with E-state index in [2.05, 4.69) is 43.7 Å². The summed E-state index contributed by atoms with van der Waals surface area (Å²) in [5.41, 5.74) is 3.62. The highest BCUT2D eigenvalue weighted by Crippen LogP contribution is 2.28. The maximum atomic E-state index is 14.5. The van der Waals surface area contributed by atoms with Gasteiger partial charge in [0.25, 0.3) is 0 Å². The number of halogens is 1. The molecule has 0 saturated carbocycles. The van der Waals surface area contributed by atoms with Crippen molar-refractivity contribution in [2.24, 2.45) is 0 Å². The van der Waals surface area contributed by atoms with E-state index >= 15 is 0 Å². The molecule has 0 amide bonds. The van der Waals surface area contributed by atoms with Crippen molar-refractivity contribution in [3.63, 3.8) is 0 Å². The number of hydrogen-bond donors (Lipinski definition) is 1. The molecule has 0 aliphatic carbocycles. The van der Waals surface area contributed by atoms with E-state index in [0.29, 0.717) is 17.3 Å². The Hall–Kier alpha value is -3.35. The van der Waals surface area contributed by atoms with Crippen molar-refractivity contribution in [3.05, 3.63) is 59.9 Å². The van der Waals surface area contributed by atoms with E-state index in [-0.39, 0.29) is 11.7 Å². The van der Waals surface area contributed by atoms with Gasteiger partial charge in [0.2, 0.25) is 5.95 Å². The van der Waals surface area contributed by atoms with Crippen molar-refractivity contribution in [1.82, 2.24) is 24.5 Å². The van der Waals surface area contributed by atoms with Gasteiger partial charge >= 0.3 is 0 Å². The summed E-state index contributed by atoms with van der Waals surface area (Å²) in [6.07, 6.45) is 1.18. The number of aromatic nitrogens is 5. The molecule has 4 rings (SSSR count). The van der Waals surface area contributed by atoms with Gasteiger partial charge < -0.3 is 9.88 Å². The lowest BCUT2D eigenvalue weighted by Gasteiger charge is -2.12. The van der Waals surface area contributed by atoms with Crippen LogP contribution in [0.25, 0.3) is 22.3 Å². The molecule has 28 heavy (non-hydrogen) atoms. The number of benzene rings is 1. The number of nitrogens with zero attached hydrogens (tertiary/aromatic N) is 5. The first-order valence-electron chi connectivity index (χ1n) is 9.14. The third-order valence-electron chi connectivity index (χ3n) is 4.53. The Balaban J connectivity index is 1.77. The molecule has 0 aliphatic rings. The maximum Gasteiger partial charge on any atom is 0.229 e. The number of anilines is 2. The van der Waals surface area contributed by atoms with Crippen molar-refractivity contribution in [1.29, 1.82) is 0 Å². The van der Waals surface area contributed by atoms with Gasteiger partial charge in [-0.15, -0.1) is 0 Å². The molecule has 3 heterocycles. The Kier molecular flexibility index (Phi) is 4.50. The largest absolute Gasteiger partial charge is 0.326 e. The number of nitrogens with one attached hydrogen (secondary N) is 1. The number of rotatable bonds is 4. The molecule has 0 spiro atoms. The van der Waals surface area contributed by atoms with Crippen LogP contribution in [0.4, 0.5) is 16.2 Å². The normalized spacial score (nSPS) is 11.4. The van der Waals surface area contributed by atoms with Crippen molar-refractivity contribution >= 4 is 22.8 Å². The lowest BCUT2D eigenvalue weighted by Crippen LogP contribution is -2.03. The SMILES string of the molecule is Cc1cccc(Nc2ncc(F)c(-c3ccc4nc(C)n(C(C)C)c4c3)n2)n1. The van der Waals surface area contributed by atoms with Gasteiger partial charge in [-0.05, 0) is 52.0 Å². The molecule has 0 fully saturated rings. The second-order valence-corrected chi connectivity index (χ2v) is 7.01. The Morgan fingerprint density at radius 1 is 1.04 bits per heavy atom. The van der Waals surface area contributed by atoms with Gasteiger partial charge in [0.05, 0.1) is 17.2 Å². The third-order valence-corrected chi connectivity index (χ3v) is 4.53. The van der Waals surface area contributed by atoms with E-state index in [1.54, 1.807) is 0 Å². The number of hydrogen-bond acceptors (Lipinski definition) is 5. The minimum atomic E-state index is -0.477. The van der Waals surface area contributed by atoms with E-state index in [0.717, 1.165) is 22.6 Å². The van der Waals surface area contributed by atoms with Gasteiger partial charge in [-0.2, -0.15) is 0 Å². The first-order valence-corrected chi connectivity index (χ1v) is 9.14. The van der Waals surface area contributed by atoms with Gasteiger partial charge in [-0.3, -0.25) is 0 Å². The number of pyridine rings is 1. The minimum Gasteiger partial charge on any atom is -0.326 e. The molecule has 7 heteroatoms. The van der Waals surface area contributed by atoms with Crippen LogP contribution in [0, 0.1) is 19.7 Å². The van der Waals surface area contributed by atoms with Crippen LogP contribution < -0.4 is 5.32 Å². The topological polar surface area (TPSA) is 68.5 Å². The summed E-state index contributed by atoms with van der Waals surface area (Å²) in [4.78, 5) is 17.4. The Morgan fingerprint density at radius 3 is 2.61 bits per heavy atom. The van der Waals surface area contributed by atoms with Crippen molar-refractivity contribution in [2.75, 3.05) is 5.32 Å². The van der Waals surface area contributed by atoms with E-state index in [9.17, 15) is 4.39 Å². The summed E-state index contributed by atoms with van der Waals surface area (Å²) in [7, 11) is 0. The fraction of sp³-hybridized carbons (Fsp3) is 0.238. The Morgan fingerprint density at radius 2 is 1.86 bits per heavy atom. The highest BCUT2D eigenvalue weighted by Gasteiger charge is 2.15.